The number of carbonyl (C=O) groups is 3. The summed E-state index contributed by atoms with van der Waals surface area (Å²) in [7, 11) is 0. The van der Waals surface area contributed by atoms with E-state index >= 15 is 0 Å². The van der Waals surface area contributed by atoms with Crippen LogP contribution in [0.3, 0.4) is 0 Å². The summed E-state index contributed by atoms with van der Waals surface area (Å²) in [5, 5.41) is 23.2. The highest BCUT2D eigenvalue weighted by atomic mass is 16.6. The predicted octanol–water partition coefficient (Wildman–Crippen LogP) is 6.67. The number of amides is 2. The molecule has 8 rings (SSSR count). The second-order valence-electron chi connectivity index (χ2n) is 16.0. The molecule has 53 heavy (non-hydrogen) atoms. The Morgan fingerprint density at radius 3 is 2.64 bits per heavy atom. The van der Waals surface area contributed by atoms with Crippen molar-refractivity contribution in [2.75, 3.05) is 6.54 Å². The van der Waals surface area contributed by atoms with Crippen molar-refractivity contribution in [3.8, 4) is 5.69 Å². The number of aromatic nitrogens is 2. The molecule has 10 nitrogen and oxygen atoms in total. The van der Waals surface area contributed by atoms with Gasteiger partial charge in [-0.15, -0.1) is 0 Å². The number of nitrogens with zero attached hydrogens (tertiary/aromatic N) is 2. The van der Waals surface area contributed by atoms with Gasteiger partial charge in [-0.2, -0.15) is 5.10 Å². The van der Waals surface area contributed by atoms with Gasteiger partial charge in [0.05, 0.1) is 29.9 Å². The Hall–Kier alpha value is -4.96. The summed E-state index contributed by atoms with van der Waals surface area (Å²) in [6.07, 6.45) is 9.55. The number of hydrogen-bond donors (Lipinski definition) is 3. The molecule has 2 amide bonds. The van der Waals surface area contributed by atoms with E-state index in [9.17, 15) is 19.5 Å². The van der Waals surface area contributed by atoms with Crippen molar-refractivity contribution < 1.29 is 28.6 Å². The van der Waals surface area contributed by atoms with Gasteiger partial charge in [-0.25, -0.2) is 9.48 Å². The largest absolute Gasteiger partial charge is 0.457 e. The normalized spacial score (nSPS) is 29.8. The highest BCUT2D eigenvalue weighted by molar-refractivity contribution is 5.95. The molecule has 0 radical (unpaired) electrons. The molecule has 7 atom stereocenters. The van der Waals surface area contributed by atoms with Gasteiger partial charge in [0.2, 0.25) is 5.76 Å². The second kappa shape index (κ2) is 13.5. The van der Waals surface area contributed by atoms with Crippen LogP contribution in [0.4, 0.5) is 0 Å². The fourth-order valence-electron chi connectivity index (χ4n) is 10.6. The lowest BCUT2D eigenvalue weighted by molar-refractivity contribution is -0.182. The number of benzene rings is 2. The maximum absolute atomic E-state index is 14.1. The highest BCUT2D eigenvalue weighted by Gasteiger charge is 2.71. The topological polar surface area (TPSA) is 136 Å². The van der Waals surface area contributed by atoms with E-state index < -0.39 is 23.1 Å². The van der Waals surface area contributed by atoms with Crippen molar-refractivity contribution in [3.63, 3.8) is 0 Å². The van der Waals surface area contributed by atoms with E-state index in [2.05, 4.69) is 30.6 Å². The lowest BCUT2D eigenvalue weighted by Gasteiger charge is -2.60. The number of fused-ring (bicyclic) bond motifs is 6. The van der Waals surface area contributed by atoms with Crippen LogP contribution < -0.4 is 10.6 Å². The molecule has 3 N–H and O–H groups in total. The van der Waals surface area contributed by atoms with Gasteiger partial charge < -0.3 is 24.9 Å². The quantitative estimate of drug-likeness (QED) is 0.165. The number of rotatable bonds is 9. The number of aliphatic hydroxyl groups excluding tert-OH is 1. The summed E-state index contributed by atoms with van der Waals surface area (Å²) in [5.74, 6) is -0.855. The maximum atomic E-state index is 14.1. The Balaban J connectivity index is 1.06. The van der Waals surface area contributed by atoms with E-state index in [0.29, 0.717) is 31.5 Å². The minimum atomic E-state index is -1.42. The van der Waals surface area contributed by atoms with Gasteiger partial charge in [0, 0.05) is 24.1 Å². The monoisotopic (exact) mass is 716 g/mol. The summed E-state index contributed by atoms with van der Waals surface area (Å²) < 4.78 is 13.6. The zero-order valence-electron chi connectivity index (χ0n) is 30.6. The van der Waals surface area contributed by atoms with Gasteiger partial charge >= 0.3 is 5.97 Å². The van der Waals surface area contributed by atoms with Crippen LogP contribution in [-0.2, 0) is 22.5 Å². The molecule has 2 aromatic heterocycles. The van der Waals surface area contributed by atoms with Crippen LogP contribution in [0.1, 0.15) is 97.0 Å². The van der Waals surface area contributed by atoms with Crippen molar-refractivity contribution in [2.45, 2.75) is 84.0 Å². The Bertz CT molecular complexity index is 2050. The van der Waals surface area contributed by atoms with E-state index in [0.717, 1.165) is 54.6 Å². The number of aliphatic hydroxyl groups is 1. The van der Waals surface area contributed by atoms with Crippen LogP contribution in [0.2, 0.25) is 0 Å². The van der Waals surface area contributed by atoms with E-state index in [4.69, 9.17) is 14.3 Å². The Labute approximate surface area is 310 Å². The molecule has 0 saturated heterocycles. The first-order valence-corrected chi connectivity index (χ1v) is 19.0. The van der Waals surface area contributed by atoms with Crippen LogP contribution in [0, 0.1) is 28.6 Å². The Morgan fingerprint density at radius 1 is 1.04 bits per heavy atom. The molecule has 2 heterocycles. The molecule has 3 saturated carbocycles. The van der Waals surface area contributed by atoms with E-state index in [-0.39, 0.29) is 40.7 Å². The van der Waals surface area contributed by atoms with E-state index in [1.54, 1.807) is 12.1 Å². The molecule has 276 valence electrons. The molecule has 3 fully saturated rings. The molecular formula is C43H48N4O6. The molecule has 2 aromatic carbocycles. The smallest absolute Gasteiger partial charge is 0.375 e. The molecule has 4 aliphatic rings. The molecule has 4 aliphatic carbocycles. The van der Waals surface area contributed by atoms with E-state index in [1.807, 2.05) is 72.4 Å². The molecule has 0 bridgehead atoms. The van der Waals surface area contributed by atoms with Crippen molar-refractivity contribution >= 4 is 23.9 Å². The minimum absolute atomic E-state index is 0.0380. The van der Waals surface area contributed by atoms with Crippen molar-refractivity contribution in [3.05, 3.63) is 113 Å². The lowest BCUT2D eigenvalue weighted by Crippen LogP contribution is -2.64. The predicted molar refractivity (Wildman–Crippen MR) is 199 cm³/mol. The third-order valence-corrected chi connectivity index (χ3v) is 13.1. The van der Waals surface area contributed by atoms with Crippen molar-refractivity contribution in [1.29, 1.82) is 0 Å². The summed E-state index contributed by atoms with van der Waals surface area (Å²) >= 11 is 0. The number of furan rings is 1. The summed E-state index contributed by atoms with van der Waals surface area (Å²) in [6.45, 7) is 7.25. The van der Waals surface area contributed by atoms with Gasteiger partial charge in [0.25, 0.3) is 11.8 Å². The molecule has 3 unspecified atom stereocenters. The first-order valence-electron chi connectivity index (χ1n) is 19.0. The minimum Gasteiger partial charge on any atom is -0.457 e. The molecule has 10 heteroatoms. The molecule has 0 aliphatic heterocycles. The van der Waals surface area contributed by atoms with Crippen LogP contribution in [0.5, 0.6) is 0 Å². The highest BCUT2D eigenvalue weighted by Crippen LogP contribution is 2.68. The zero-order chi connectivity index (χ0) is 37.0. The first kappa shape index (κ1) is 35.1. The van der Waals surface area contributed by atoms with Crippen LogP contribution in [0.15, 0.2) is 89.2 Å². The van der Waals surface area contributed by atoms with Gasteiger partial charge in [-0.3, -0.25) is 9.59 Å². The number of ether oxygens (including phenoxy) is 1. The van der Waals surface area contributed by atoms with E-state index in [1.165, 1.54) is 11.8 Å². The summed E-state index contributed by atoms with van der Waals surface area (Å²) in [5.41, 5.74) is 3.31. The van der Waals surface area contributed by atoms with Crippen LogP contribution in [-0.4, -0.2) is 50.9 Å². The van der Waals surface area contributed by atoms with Gasteiger partial charge in [0.15, 0.2) is 5.60 Å². The van der Waals surface area contributed by atoms with Crippen LogP contribution >= 0.6 is 0 Å². The average molecular weight is 717 g/mol. The number of nitrogens with one attached hydrogen (secondary N) is 2. The Morgan fingerprint density at radius 2 is 1.87 bits per heavy atom. The van der Waals surface area contributed by atoms with Crippen LogP contribution in [0.25, 0.3) is 11.8 Å². The van der Waals surface area contributed by atoms with Gasteiger partial charge in [-0.05, 0) is 116 Å². The molecule has 4 aromatic rings. The Kier molecular flexibility index (Phi) is 8.92. The third kappa shape index (κ3) is 5.73. The number of esters is 1. The molecule has 0 spiro atoms. The zero-order valence-corrected chi connectivity index (χ0v) is 30.6. The fraction of sp³-hybridized carbons (Fsp3) is 0.442. The average Bonchev–Trinajstić information content (AvgIpc) is 3.91. The summed E-state index contributed by atoms with van der Waals surface area (Å²) in [4.78, 5) is 40.7. The maximum Gasteiger partial charge on any atom is 0.375 e. The lowest BCUT2D eigenvalue weighted by atomic mass is 9.45. The van der Waals surface area contributed by atoms with Gasteiger partial charge in [0.1, 0.15) is 0 Å². The second-order valence-corrected chi connectivity index (χ2v) is 16.0. The number of allylic oxidation sites excluding steroid dienone is 1. The summed E-state index contributed by atoms with van der Waals surface area (Å²) in [6, 6.07) is 20.6. The fourth-order valence-corrected chi connectivity index (χ4v) is 10.6. The molecular weight excluding hydrogens is 668 g/mol. The first-order chi connectivity index (χ1) is 25.6. The third-order valence-electron chi connectivity index (χ3n) is 13.1. The van der Waals surface area contributed by atoms with Gasteiger partial charge in [-0.1, -0.05) is 62.7 Å². The van der Waals surface area contributed by atoms with Crippen molar-refractivity contribution in [2.24, 2.45) is 28.6 Å². The standard InChI is InChI=1S/C43H48N4O6/c1-4-19-44-40(51)43(53-39(50)36-14-9-20-52-36)18-17-33-32-16-15-30-22-34-29(23-41(30,2)37(32)35(48)24-42(33,43)3)26-46-47(34)31-13-8-12-28(21-31)38(49)45-25-27-10-6-5-7-11-27/h5-14,20-22,26,32-33,35,37,48H,4,15-19,23-25H2,1-3H3,(H,44,51)(H,45,49)/t32?,33?,35-,37?,41-,42-,43-/m0/s1. The number of carbonyl (C=O) groups excluding carboxylic acids is 3. The SMILES string of the molecule is CCCNC(=O)[C@@]1(OC(=O)c2ccco2)CCC2C3CCC4=Cc5c(cnn5-c5cccc(C(=O)NCc6ccccc6)c5)C[C@]4(C)C3[C@@H](O)C[C@@]21C. The van der Waals surface area contributed by atoms with Crippen molar-refractivity contribution in [1.82, 2.24) is 20.4 Å². The number of hydrogen-bond acceptors (Lipinski definition) is 7.